The lowest BCUT2D eigenvalue weighted by atomic mass is 9.90. The fourth-order valence-electron chi connectivity index (χ4n) is 3.00. The average Bonchev–Trinajstić information content (AvgIpc) is 3.09. The highest BCUT2D eigenvalue weighted by Crippen LogP contribution is 2.25. The van der Waals surface area contributed by atoms with Crippen LogP contribution in [-0.2, 0) is 11.2 Å². The van der Waals surface area contributed by atoms with Gasteiger partial charge in [0.25, 0.3) is 5.91 Å². The first-order valence-corrected chi connectivity index (χ1v) is 8.18. The molecular formula is C18H23Cl2N5O2. The van der Waals surface area contributed by atoms with Crippen LogP contribution in [0.15, 0.2) is 48.5 Å². The van der Waals surface area contributed by atoms with E-state index in [4.69, 9.17) is 5.21 Å². The molecule has 3 rings (SSSR count). The minimum absolute atomic E-state index is 0. The molecule has 146 valence electrons. The fourth-order valence-corrected chi connectivity index (χ4v) is 3.00. The Balaban J connectivity index is 0.00000182. The number of hydrogen-bond acceptors (Lipinski definition) is 6. The van der Waals surface area contributed by atoms with Crippen LogP contribution in [0, 0.1) is 0 Å². The Morgan fingerprint density at radius 1 is 1.19 bits per heavy atom. The number of carbonyl (C=O) groups is 1. The minimum atomic E-state index is -0.608. The van der Waals surface area contributed by atoms with Gasteiger partial charge < -0.3 is 10.6 Å². The standard InChI is InChI=1S/C18H21N5O2.2ClH/c24-17(23-25)9-7-15-6-8-16(22-21-15)20-18(10-11-19-13-18)12-14-4-2-1-3-5-14;;/h1-9,19,25H,10-13H2,(H,20,22)(H,23,24);2*1H/b9-7+;;/t18-;;/m0../s1. The number of benzene rings is 1. The van der Waals surface area contributed by atoms with Gasteiger partial charge in [0.2, 0.25) is 0 Å². The number of aromatic nitrogens is 2. The maximum Gasteiger partial charge on any atom is 0.267 e. The molecule has 9 heteroatoms. The lowest BCUT2D eigenvalue weighted by molar-refractivity contribution is -0.124. The Morgan fingerprint density at radius 3 is 2.56 bits per heavy atom. The fraction of sp³-hybridized carbons (Fsp3) is 0.278. The van der Waals surface area contributed by atoms with Crippen LogP contribution in [0.2, 0.25) is 0 Å². The van der Waals surface area contributed by atoms with Gasteiger partial charge in [-0.15, -0.1) is 35.0 Å². The van der Waals surface area contributed by atoms with Crippen molar-refractivity contribution in [1.29, 1.82) is 0 Å². The lowest BCUT2D eigenvalue weighted by Gasteiger charge is -2.30. The van der Waals surface area contributed by atoms with Gasteiger partial charge in [0.15, 0.2) is 0 Å². The van der Waals surface area contributed by atoms with E-state index in [1.54, 1.807) is 6.07 Å². The molecule has 0 unspecified atom stereocenters. The first-order valence-electron chi connectivity index (χ1n) is 8.18. The van der Waals surface area contributed by atoms with Crippen LogP contribution in [0.3, 0.4) is 0 Å². The molecule has 1 amide bonds. The van der Waals surface area contributed by atoms with Crippen molar-refractivity contribution in [2.45, 2.75) is 18.4 Å². The summed E-state index contributed by atoms with van der Waals surface area (Å²) < 4.78 is 0. The van der Waals surface area contributed by atoms with Crippen molar-refractivity contribution in [3.05, 3.63) is 59.8 Å². The van der Waals surface area contributed by atoms with Gasteiger partial charge in [-0.1, -0.05) is 30.3 Å². The Labute approximate surface area is 170 Å². The van der Waals surface area contributed by atoms with E-state index >= 15 is 0 Å². The molecule has 4 N–H and O–H groups in total. The zero-order valence-electron chi connectivity index (χ0n) is 14.6. The summed E-state index contributed by atoms with van der Waals surface area (Å²) in [5.74, 6) is 0.0891. The first-order chi connectivity index (χ1) is 12.2. The zero-order valence-corrected chi connectivity index (χ0v) is 16.2. The minimum Gasteiger partial charge on any atom is -0.361 e. The number of hydrogen-bond donors (Lipinski definition) is 4. The lowest BCUT2D eigenvalue weighted by Crippen LogP contribution is -2.43. The molecule has 1 aromatic carbocycles. The van der Waals surface area contributed by atoms with Gasteiger partial charge in [0.1, 0.15) is 5.82 Å². The van der Waals surface area contributed by atoms with Gasteiger partial charge in [-0.05, 0) is 43.2 Å². The van der Waals surface area contributed by atoms with Crippen molar-refractivity contribution >= 4 is 42.6 Å². The van der Waals surface area contributed by atoms with Crippen molar-refractivity contribution in [1.82, 2.24) is 21.0 Å². The molecule has 1 aromatic heterocycles. The summed E-state index contributed by atoms with van der Waals surface area (Å²) in [5, 5.41) is 23.7. The van der Waals surface area contributed by atoms with Gasteiger partial charge in [0, 0.05) is 12.6 Å². The smallest absolute Gasteiger partial charge is 0.267 e. The van der Waals surface area contributed by atoms with E-state index in [9.17, 15) is 4.79 Å². The summed E-state index contributed by atoms with van der Waals surface area (Å²) in [6.45, 7) is 1.83. The molecule has 27 heavy (non-hydrogen) atoms. The Hall–Kier alpha value is -2.19. The molecule has 7 nitrogen and oxygen atoms in total. The summed E-state index contributed by atoms with van der Waals surface area (Å²) in [5.41, 5.74) is 3.25. The zero-order chi connectivity index (χ0) is 17.5. The van der Waals surface area contributed by atoms with Crippen LogP contribution < -0.4 is 16.1 Å². The van der Waals surface area contributed by atoms with Gasteiger partial charge in [0.05, 0.1) is 11.2 Å². The number of halogens is 2. The van der Waals surface area contributed by atoms with E-state index in [1.165, 1.54) is 23.2 Å². The number of nitrogens with zero attached hydrogens (tertiary/aromatic N) is 2. The SMILES string of the molecule is Cl.Cl.O=C(/C=C/c1ccc(N[C@]2(Cc3ccccc3)CCNC2)nn1)NO. The molecule has 1 fully saturated rings. The Bertz CT molecular complexity index is 735. The highest BCUT2D eigenvalue weighted by molar-refractivity contribution is 5.90. The molecule has 0 aliphatic carbocycles. The predicted octanol–water partition coefficient (Wildman–Crippen LogP) is 2.23. The first kappa shape index (κ1) is 22.9. The summed E-state index contributed by atoms with van der Waals surface area (Å²) in [6, 6.07) is 14.0. The predicted molar refractivity (Wildman–Crippen MR) is 109 cm³/mol. The monoisotopic (exact) mass is 411 g/mol. The maximum absolute atomic E-state index is 11.0. The molecule has 1 saturated heterocycles. The van der Waals surface area contributed by atoms with Crippen LogP contribution in [0.4, 0.5) is 5.82 Å². The number of rotatable bonds is 6. The number of nitrogens with one attached hydrogen (secondary N) is 3. The Morgan fingerprint density at radius 2 is 1.96 bits per heavy atom. The largest absolute Gasteiger partial charge is 0.361 e. The van der Waals surface area contributed by atoms with Gasteiger partial charge in [-0.3, -0.25) is 10.0 Å². The molecular weight excluding hydrogens is 389 g/mol. The van der Waals surface area contributed by atoms with Crippen LogP contribution >= 0.6 is 24.8 Å². The normalized spacial score (nSPS) is 18.4. The van der Waals surface area contributed by atoms with Crippen molar-refractivity contribution in [3.63, 3.8) is 0 Å². The second kappa shape index (κ2) is 10.8. The molecule has 0 bridgehead atoms. The van der Waals surface area contributed by atoms with E-state index < -0.39 is 5.91 Å². The van der Waals surface area contributed by atoms with E-state index in [-0.39, 0.29) is 30.4 Å². The number of hydroxylamine groups is 1. The van der Waals surface area contributed by atoms with Crippen molar-refractivity contribution in [2.75, 3.05) is 18.4 Å². The average molecular weight is 412 g/mol. The van der Waals surface area contributed by atoms with Gasteiger partial charge in [-0.25, -0.2) is 5.48 Å². The van der Waals surface area contributed by atoms with Crippen molar-refractivity contribution < 1.29 is 10.0 Å². The molecule has 1 aliphatic rings. The highest BCUT2D eigenvalue weighted by Gasteiger charge is 2.34. The number of carbonyl (C=O) groups excluding carboxylic acids is 1. The quantitative estimate of drug-likeness (QED) is 0.330. The van der Waals surface area contributed by atoms with Gasteiger partial charge >= 0.3 is 0 Å². The molecule has 0 radical (unpaired) electrons. The van der Waals surface area contributed by atoms with E-state index in [2.05, 4.69) is 45.1 Å². The van der Waals surface area contributed by atoms with Gasteiger partial charge in [-0.2, -0.15) is 0 Å². The number of anilines is 1. The maximum atomic E-state index is 11.0. The third kappa shape index (κ3) is 6.48. The molecule has 1 atom stereocenters. The van der Waals surface area contributed by atoms with Crippen LogP contribution in [0.25, 0.3) is 6.08 Å². The second-order valence-corrected chi connectivity index (χ2v) is 6.15. The topological polar surface area (TPSA) is 99.2 Å². The van der Waals surface area contributed by atoms with Crippen LogP contribution in [-0.4, -0.2) is 39.9 Å². The van der Waals surface area contributed by atoms with Crippen molar-refractivity contribution in [3.8, 4) is 0 Å². The summed E-state index contributed by atoms with van der Waals surface area (Å²) in [7, 11) is 0. The number of amides is 1. The Kier molecular flexibility index (Phi) is 9.17. The molecule has 2 heterocycles. The van der Waals surface area contributed by atoms with E-state index in [0.717, 1.165) is 25.9 Å². The van der Waals surface area contributed by atoms with Crippen LogP contribution in [0.1, 0.15) is 17.7 Å². The van der Waals surface area contributed by atoms with Crippen molar-refractivity contribution in [2.24, 2.45) is 0 Å². The highest BCUT2D eigenvalue weighted by atomic mass is 35.5. The summed E-state index contributed by atoms with van der Waals surface area (Å²) in [4.78, 5) is 11.0. The van der Waals surface area contributed by atoms with E-state index in [1.807, 2.05) is 12.1 Å². The molecule has 2 aromatic rings. The summed E-state index contributed by atoms with van der Waals surface area (Å²) in [6.07, 6.45) is 4.58. The van der Waals surface area contributed by atoms with Crippen LogP contribution in [0.5, 0.6) is 0 Å². The second-order valence-electron chi connectivity index (χ2n) is 6.15. The third-order valence-electron chi connectivity index (χ3n) is 4.22. The molecule has 1 aliphatic heterocycles. The van der Waals surface area contributed by atoms with E-state index in [0.29, 0.717) is 11.5 Å². The summed E-state index contributed by atoms with van der Waals surface area (Å²) >= 11 is 0. The molecule has 0 saturated carbocycles. The molecule has 0 spiro atoms. The third-order valence-corrected chi connectivity index (χ3v) is 4.22.